The first-order valence-electron chi connectivity index (χ1n) is 5.56. The number of aliphatic hydroxyl groups excluding tert-OH is 1. The van der Waals surface area contributed by atoms with Gasteiger partial charge in [-0.05, 0) is 0 Å². The SMILES string of the molecule is COCC(O)CN(C)C(=O)Cn1cc(CN)nn1. The molecule has 0 saturated carbocycles. The molecule has 0 radical (unpaired) electrons. The zero-order valence-electron chi connectivity index (χ0n) is 10.6. The largest absolute Gasteiger partial charge is 0.389 e. The maximum Gasteiger partial charge on any atom is 0.244 e. The average Bonchev–Trinajstić information content (AvgIpc) is 2.76. The van der Waals surface area contributed by atoms with Gasteiger partial charge in [0.1, 0.15) is 6.54 Å². The second kappa shape index (κ2) is 7.04. The van der Waals surface area contributed by atoms with Gasteiger partial charge >= 0.3 is 0 Å². The Hall–Kier alpha value is -1.51. The summed E-state index contributed by atoms with van der Waals surface area (Å²) in [6, 6.07) is 0. The van der Waals surface area contributed by atoms with Crippen molar-refractivity contribution in [2.75, 3.05) is 27.3 Å². The van der Waals surface area contributed by atoms with E-state index < -0.39 is 6.10 Å². The number of hydrogen-bond donors (Lipinski definition) is 2. The fraction of sp³-hybridized carbons (Fsp3) is 0.700. The Kier molecular flexibility index (Phi) is 5.69. The van der Waals surface area contributed by atoms with E-state index in [2.05, 4.69) is 10.3 Å². The fourth-order valence-corrected chi connectivity index (χ4v) is 1.43. The van der Waals surface area contributed by atoms with Gasteiger partial charge in [0.2, 0.25) is 5.91 Å². The molecule has 0 aliphatic heterocycles. The van der Waals surface area contributed by atoms with E-state index >= 15 is 0 Å². The van der Waals surface area contributed by atoms with Crippen molar-refractivity contribution >= 4 is 5.91 Å². The van der Waals surface area contributed by atoms with Crippen LogP contribution in [-0.2, 0) is 22.6 Å². The van der Waals surface area contributed by atoms with Crippen LogP contribution in [0.4, 0.5) is 0 Å². The van der Waals surface area contributed by atoms with Gasteiger partial charge in [-0.15, -0.1) is 5.10 Å². The summed E-state index contributed by atoms with van der Waals surface area (Å²) >= 11 is 0. The highest BCUT2D eigenvalue weighted by atomic mass is 16.5. The summed E-state index contributed by atoms with van der Waals surface area (Å²) < 4.78 is 6.21. The number of carbonyl (C=O) groups excluding carboxylic acids is 1. The van der Waals surface area contributed by atoms with E-state index in [0.29, 0.717) is 5.69 Å². The van der Waals surface area contributed by atoms with Crippen LogP contribution in [0.25, 0.3) is 0 Å². The van der Waals surface area contributed by atoms with Crippen molar-refractivity contribution in [3.63, 3.8) is 0 Å². The molecule has 1 aromatic rings. The van der Waals surface area contributed by atoms with E-state index in [4.69, 9.17) is 10.5 Å². The topological polar surface area (TPSA) is 106 Å². The Labute approximate surface area is 105 Å². The van der Waals surface area contributed by atoms with Crippen molar-refractivity contribution in [3.8, 4) is 0 Å². The van der Waals surface area contributed by atoms with Crippen LogP contribution in [0.3, 0.4) is 0 Å². The van der Waals surface area contributed by atoms with E-state index in [1.807, 2.05) is 0 Å². The lowest BCUT2D eigenvalue weighted by Gasteiger charge is -2.20. The van der Waals surface area contributed by atoms with Crippen LogP contribution < -0.4 is 5.73 Å². The molecule has 8 heteroatoms. The van der Waals surface area contributed by atoms with E-state index in [1.54, 1.807) is 13.2 Å². The number of nitrogens with two attached hydrogens (primary N) is 1. The molecule has 8 nitrogen and oxygen atoms in total. The van der Waals surface area contributed by atoms with Crippen molar-refractivity contribution in [1.82, 2.24) is 19.9 Å². The smallest absolute Gasteiger partial charge is 0.244 e. The number of methoxy groups -OCH3 is 1. The lowest BCUT2D eigenvalue weighted by Crippen LogP contribution is -2.38. The number of ether oxygens (including phenoxy) is 1. The van der Waals surface area contributed by atoms with Crippen molar-refractivity contribution < 1.29 is 14.6 Å². The van der Waals surface area contributed by atoms with Crippen LogP contribution >= 0.6 is 0 Å². The van der Waals surface area contributed by atoms with Gasteiger partial charge < -0.3 is 20.5 Å². The van der Waals surface area contributed by atoms with Gasteiger partial charge in [-0.25, -0.2) is 4.68 Å². The molecular weight excluding hydrogens is 238 g/mol. The minimum absolute atomic E-state index is 0.0726. The Morgan fingerprint density at radius 3 is 3.00 bits per heavy atom. The normalized spacial score (nSPS) is 12.4. The minimum atomic E-state index is -0.695. The molecule has 0 aromatic carbocycles. The first-order chi connectivity index (χ1) is 8.56. The van der Waals surface area contributed by atoms with Gasteiger partial charge in [0.15, 0.2) is 0 Å². The van der Waals surface area contributed by atoms with Crippen LogP contribution in [0.2, 0.25) is 0 Å². The molecule has 102 valence electrons. The summed E-state index contributed by atoms with van der Waals surface area (Å²) in [5, 5.41) is 17.1. The first kappa shape index (κ1) is 14.6. The third kappa shape index (κ3) is 4.40. The van der Waals surface area contributed by atoms with E-state index in [9.17, 15) is 9.90 Å². The third-order valence-electron chi connectivity index (χ3n) is 2.36. The highest BCUT2D eigenvalue weighted by Crippen LogP contribution is 1.96. The molecule has 1 aromatic heterocycles. The third-order valence-corrected chi connectivity index (χ3v) is 2.36. The zero-order chi connectivity index (χ0) is 13.5. The van der Waals surface area contributed by atoms with Gasteiger partial charge in [-0.2, -0.15) is 0 Å². The van der Waals surface area contributed by atoms with Crippen molar-refractivity contribution in [2.24, 2.45) is 5.73 Å². The Morgan fingerprint density at radius 1 is 1.72 bits per heavy atom. The summed E-state index contributed by atoms with van der Waals surface area (Å²) in [4.78, 5) is 13.2. The monoisotopic (exact) mass is 257 g/mol. The predicted octanol–water partition coefficient (Wildman–Crippen LogP) is -1.80. The molecule has 0 fully saturated rings. The molecular formula is C10H19N5O3. The summed E-state index contributed by atoms with van der Waals surface area (Å²) in [7, 11) is 3.11. The number of hydrogen-bond acceptors (Lipinski definition) is 6. The predicted molar refractivity (Wildman–Crippen MR) is 63.4 cm³/mol. The van der Waals surface area contributed by atoms with Crippen LogP contribution in [0.5, 0.6) is 0 Å². The number of aliphatic hydroxyl groups is 1. The summed E-state index contributed by atoms with van der Waals surface area (Å²) in [6.07, 6.45) is 0.927. The minimum Gasteiger partial charge on any atom is -0.389 e. The molecule has 0 aliphatic rings. The van der Waals surface area contributed by atoms with Crippen molar-refractivity contribution in [3.05, 3.63) is 11.9 Å². The molecule has 0 aliphatic carbocycles. The lowest BCUT2D eigenvalue weighted by molar-refractivity contribution is -0.132. The van der Waals surface area contributed by atoms with Gasteiger partial charge in [0, 0.05) is 27.2 Å². The van der Waals surface area contributed by atoms with Crippen molar-refractivity contribution in [1.29, 1.82) is 0 Å². The lowest BCUT2D eigenvalue weighted by atomic mass is 10.3. The molecule has 1 atom stereocenters. The maximum atomic E-state index is 11.8. The van der Waals surface area contributed by atoms with Crippen LogP contribution in [0, 0.1) is 0 Å². The fourth-order valence-electron chi connectivity index (χ4n) is 1.43. The number of likely N-dealkylation sites (N-methyl/N-ethyl adjacent to an activating group) is 1. The molecule has 0 bridgehead atoms. The molecule has 1 rings (SSSR count). The van der Waals surface area contributed by atoms with Crippen LogP contribution in [0.15, 0.2) is 6.20 Å². The Balaban J connectivity index is 2.44. The number of rotatable bonds is 7. The Bertz CT molecular complexity index is 381. The average molecular weight is 257 g/mol. The second-order valence-electron chi connectivity index (χ2n) is 4.00. The van der Waals surface area contributed by atoms with Gasteiger partial charge in [-0.3, -0.25) is 4.79 Å². The van der Waals surface area contributed by atoms with Gasteiger partial charge in [-0.1, -0.05) is 5.21 Å². The Morgan fingerprint density at radius 2 is 2.44 bits per heavy atom. The van der Waals surface area contributed by atoms with Crippen LogP contribution in [0.1, 0.15) is 5.69 Å². The standard InChI is InChI=1S/C10H19N5O3/c1-14(5-9(16)7-18-2)10(17)6-15-4-8(3-11)12-13-15/h4,9,16H,3,5-7,11H2,1-2H3. The number of aromatic nitrogens is 3. The quantitative estimate of drug-likeness (QED) is 0.597. The molecule has 1 heterocycles. The second-order valence-corrected chi connectivity index (χ2v) is 4.00. The molecule has 3 N–H and O–H groups in total. The molecule has 1 amide bonds. The van der Waals surface area contributed by atoms with E-state index in [0.717, 1.165) is 0 Å². The summed E-state index contributed by atoms with van der Waals surface area (Å²) in [5.74, 6) is -0.168. The first-order valence-corrected chi connectivity index (χ1v) is 5.56. The molecule has 1 unspecified atom stereocenters. The number of nitrogens with zero attached hydrogens (tertiary/aromatic N) is 4. The van der Waals surface area contributed by atoms with E-state index in [1.165, 1.54) is 16.7 Å². The van der Waals surface area contributed by atoms with Gasteiger partial charge in [0.25, 0.3) is 0 Å². The van der Waals surface area contributed by atoms with E-state index in [-0.39, 0.29) is 32.1 Å². The van der Waals surface area contributed by atoms with Crippen molar-refractivity contribution in [2.45, 2.75) is 19.2 Å². The molecule has 18 heavy (non-hydrogen) atoms. The number of carbonyl (C=O) groups is 1. The van der Waals surface area contributed by atoms with Gasteiger partial charge in [0.05, 0.1) is 24.6 Å². The highest BCUT2D eigenvalue weighted by molar-refractivity contribution is 5.75. The van der Waals surface area contributed by atoms with Crippen LogP contribution in [-0.4, -0.2) is 64.3 Å². The summed E-state index contributed by atoms with van der Waals surface area (Å²) in [5.41, 5.74) is 6.02. The molecule has 0 spiro atoms. The maximum absolute atomic E-state index is 11.8. The highest BCUT2D eigenvalue weighted by Gasteiger charge is 2.14. The molecule has 0 saturated heterocycles. The number of amides is 1. The zero-order valence-corrected chi connectivity index (χ0v) is 10.6. The summed E-state index contributed by atoms with van der Waals surface area (Å²) in [6.45, 7) is 0.767.